The lowest BCUT2D eigenvalue weighted by Gasteiger charge is -1.96. The summed E-state index contributed by atoms with van der Waals surface area (Å²) >= 11 is 0. The van der Waals surface area contributed by atoms with E-state index >= 15 is 0 Å². The van der Waals surface area contributed by atoms with Crippen molar-refractivity contribution in [2.75, 3.05) is 6.61 Å². The van der Waals surface area contributed by atoms with E-state index in [1.165, 1.54) is 0 Å². The lowest BCUT2D eigenvalue weighted by Crippen LogP contribution is -1.93. The molecule has 66 valence electrons. The molecule has 2 N–H and O–H groups in total. The SMILES string of the molecule is [2H]C([2H])(CCCCCCO)C(=O)O. The number of unbranched alkanes of at least 4 members (excludes halogenated alkanes) is 3. The van der Waals surface area contributed by atoms with Gasteiger partial charge in [-0.1, -0.05) is 19.3 Å². The Hall–Kier alpha value is -0.570. The summed E-state index contributed by atoms with van der Waals surface area (Å²) in [7, 11) is 0. The van der Waals surface area contributed by atoms with Crippen LogP contribution < -0.4 is 0 Å². The highest BCUT2D eigenvalue weighted by Crippen LogP contribution is 2.04. The second-order valence-corrected chi connectivity index (χ2v) is 2.37. The van der Waals surface area contributed by atoms with Crippen molar-refractivity contribution < 1.29 is 17.7 Å². The number of aliphatic hydroxyl groups is 1. The van der Waals surface area contributed by atoms with E-state index in [0.29, 0.717) is 12.8 Å². The average Bonchev–Trinajstić information content (AvgIpc) is 2.03. The van der Waals surface area contributed by atoms with Crippen LogP contribution >= 0.6 is 0 Å². The fourth-order valence-corrected chi connectivity index (χ4v) is 0.786. The fourth-order valence-electron chi connectivity index (χ4n) is 0.786. The number of carboxylic acid groups (broad SMARTS) is 1. The monoisotopic (exact) mass is 162 g/mol. The maximum Gasteiger partial charge on any atom is 0.303 e. The maximum absolute atomic E-state index is 10.3. The number of aliphatic carboxylic acids is 1. The summed E-state index contributed by atoms with van der Waals surface area (Å²) in [5, 5.41) is 16.9. The number of hydrogen-bond donors (Lipinski definition) is 2. The van der Waals surface area contributed by atoms with Crippen LogP contribution in [0, 0.1) is 0 Å². The summed E-state index contributed by atoms with van der Waals surface area (Å²) in [5.74, 6) is -1.39. The van der Waals surface area contributed by atoms with Gasteiger partial charge in [-0.2, -0.15) is 0 Å². The molecule has 0 aliphatic heterocycles. The number of carboxylic acids is 1. The lowest BCUT2D eigenvalue weighted by atomic mass is 10.1. The Balaban J connectivity index is 3.46. The number of carbonyl (C=O) groups is 1. The summed E-state index contributed by atoms with van der Waals surface area (Å²) < 4.78 is 14.2. The molecule has 0 bridgehead atoms. The van der Waals surface area contributed by atoms with Crippen LogP contribution in [0.3, 0.4) is 0 Å². The zero-order valence-electron chi connectivity index (χ0n) is 8.55. The van der Waals surface area contributed by atoms with Crippen molar-refractivity contribution in [3.8, 4) is 0 Å². The molecule has 0 unspecified atom stereocenters. The molecule has 0 amide bonds. The predicted octanol–water partition coefficient (Wildman–Crippen LogP) is 1.40. The molecule has 0 spiro atoms. The van der Waals surface area contributed by atoms with Crippen LogP contribution in [-0.2, 0) is 4.79 Å². The predicted molar refractivity (Wildman–Crippen MR) is 42.4 cm³/mol. The third-order valence-electron chi connectivity index (χ3n) is 1.36. The highest BCUT2D eigenvalue weighted by molar-refractivity contribution is 5.66. The molecule has 0 heterocycles. The zero-order valence-corrected chi connectivity index (χ0v) is 6.55. The highest BCUT2D eigenvalue weighted by atomic mass is 16.4. The topological polar surface area (TPSA) is 57.5 Å². The first-order chi connectivity index (χ1) is 6.00. The molecule has 0 aromatic carbocycles. The molecule has 3 nitrogen and oxygen atoms in total. The summed E-state index contributed by atoms with van der Waals surface area (Å²) in [6.07, 6.45) is 0.807. The summed E-state index contributed by atoms with van der Waals surface area (Å²) in [5.41, 5.74) is 0. The van der Waals surface area contributed by atoms with E-state index in [9.17, 15) is 4.79 Å². The van der Waals surface area contributed by atoms with Crippen LogP contribution in [0.5, 0.6) is 0 Å². The third kappa shape index (κ3) is 9.43. The standard InChI is InChI=1S/C8H16O3/c9-7-5-3-1-2-4-6-8(10)11/h9H,1-7H2,(H,10,11)/i6D2. The molecule has 3 heteroatoms. The largest absolute Gasteiger partial charge is 0.481 e. The smallest absolute Gasteiger partial charge is 0.303 e. The maximum atomic E-state index is 10.3. The fraction of sp³-hybridized carbons (Fsp3) is 0.875. The van der Waals surface area contributed by atoms with Gasteiger partial charge >= 0.3 is 5.97 Å². The number of aliphatic hydroxyl groups excluding tert-OH is 1. The number of rotatable bonds is 7. The van der Waals surface area contributed by atoms with Crippen LogP contribution in [0.4, 0.5) is 0 Å². The molecule has 0 aliphatic carbocycles. The van der Waals surface area contributed by atoms with Crippen molar-refractivity contribution in [2.45, 2.75) is 38.5 Å². The average molecular weight is 162 g/mol. The number of hydrogen-bond acceptors (Lipinski definition) is 2. The zero-order chi connectivity index (χ0) is 10.3. The Morgan fingerprint density at radius 2 is 1.73 bits per heavy atom. The van der Waals surface area contributed by atoms with Gasteiger partial charge in [0.1, 0.15) is 0 Å². The molecular weight excluding hydrogens is 144 g/mol. The molecular formula is C8H16O3. The molecule has 0 saturated heterocycles. The van der Waals surface area contributed by atoms with Crippen LogP contribution in [-0.4, -0.2) is 22.8 Å². The summed E-state index contributed by atoms with van der Waals surface area (Å²) in [4.78, 5) is 10.3. The van der Waals surface area contributed by atoms with Gasteiger partial charge in [-0.15, -0.1) is 0 Å². The van der Waals surface area contributed by atoms with E-state index in [1.54, 1.807) is 0 Å². The van der Waals surface area contributed by atoms with E-state index in [-0.39, 0.29) is 13.0 Å². The first-order valence-corrected chi connectivity index (χ1v) is 3.85. The Kier molecular flexibility index (Phi) is 4.86. The van der Waals surface area contributed by atoms with Crippen LogP contribution in [0.2, 0.25) is 0 Å². The van der Waals surface area contributed by atoms with Crippen molar-refractivity contribution in [1.82, 2.24) is 0 Å². The Bertz CT molecular complexity index is 159. The molecule has 0 atom stereocenters. The highest BCUT2D eigenvalue weighted by Gasteiger charge is 1.95. The van der Waals surface area contributed by atoms with Crippen LogP contribution in [0.15, 0.2) is 0 Å². The summed E-state index contributed by atoms with van der Waals surface area (Å²) in [6.45, 7) is 0.145. The molecule has 0 radical (unpaired) electrons. The minimum atomic E-state index is -2.10. The van der Waals surface area contributed by atoms with E-state index in [4.69, 9.17) is 13.0 Å². The van der Waals surface area contributed by atoms with Gasteiger partial charge in [0.25, 0.3) is 0 Å². The third-order valence-corrected chi connectivity index (χ3v) is 1.36. The molecule has 0 fully saturated rings. The van der Waals surface area contributed by atoms with Gasteiger partial charge in [-0.25, -0.2) is 0 Å². The van der Waals surface area contributed by atoms with Crippen LogP contribution in [0.1, 0.15) is 41.2 Å². The van der Waals surface area contributed by atoms with Crippen molar-refractivity contribution in [1.29, 1.82) is 0 Å². The van der Waals surface area contributed by atoms with Gasteiger partial charge in [0.15, 0.2) is 0 Å². The minimum Gasteiger partial charge on any atom is -0.481 e. The van der Waals surface area contributed by atoms with Gasteiger partial charge in [0.2, 0.25) is 0 Å². The molecule has 0 rings (SSSR count). The quantitative estimate of drug-likeness (QED) is 0.556. The molecule has 0 aromatic rings. The van der Waals surface area contributed by atoms with E-state index in [0.717, 1.165) is 12.8 Å². The van der Waals surface area contributed by atoms with E-state index in [1.807, 2.05) is 0 Å². The van der Waals surface area contributed by atoms with Crippen LogP contribution in [0.25, 0.3) is 0 Å². The van der Waals surface area contributed by atoms with E-state index in [2.05, 4.69) is 0 Å². The van der Waals surface area contributed by atoms with E-state index < -0.39 is 12.3 Å². The lowest BCUT2D eigenvalue weighted by molar-refractivity contribution is -0.137. The second kappa shape index (κ2) is 7.54. The van der Waals surface area contributed by atoms with Gasteiger partial charge in [0.05, 0.1) is 0 Å². The molecule has 0 aliphatic rings. The first-order valence-electron chi connectivity index (χ1n) is 4.85. The molecule has 11 heavy (non-hydrogen) atoms. The Labute approximate surface area is 69.9 Å². The van der Waals surface area contributed by atoms with Crippen molar-refractivity contribution in [3.05, 3.63) is 0 Å². The first kappa shape index (κ1) is 7.10. The van der Waals surface area contributed by atoms with Gasteiger partial charge < -0.3 is 10.2 Å². The molecule has 0 saturated carbocycles. The minimum absolute atomic E-state index is 0.0494. The van der Waals surface area contributed by atoms with Crippen molar-refractivity contribution in [2.24, 2.45) is 0 Å². The van der Waals surface area contributed by atoms with Gasteiger partial charge in [-0.05, 0) is 12.8 Å². The second-order valence-electron chi connectivity index (χ2n) is 2.37. The Morgan fingerprint density at radius 1 is 1.18 bits per heavy atom. The van der Waals surface area contributed by atoms with Gasteiger partial charge in [-0.3, -0.25) is 4.79 Å². The Morgan fingerprint density at radius 3 is 2.27 bits per heavy atom. The van der Waals surface area contributed by atoms with Gasteiger partial charge in [0, 0.05) is 15.7 Å². The van der Waals surface area contributed by atoms with Crippen molar-refractivity contribution in [3.63, 3.8) is 0 Å². The summed E-state index contributed by atoms with van der Waals surface area (Å²) in [6, 6.07) is 0. The normalized spacial score (nSPS) is 13.9. The molecule has 0 aromatic heterocycles. The van der Waals surface area contributed by atoms with Crippen molar-refractivity contribution >= 4 is 5.97 Å².